The maximum Gasteiger partial charge on any atom is 0.329 e. The largest absolute Gasteiger partial charge is 0.490 e. The van der Waals surface area contributed by atoms with Crippen molar-refractivity contribution in [1.29, 1.82) is 0 Å². The van der Waals surface area contributed by atoms with Gasteiger partial charge in [0.15, 0.2) is 11.3 Å². The number of carbonyl (C=O) groups excluding carboxylic acids is 12. The van der Waals surface area contributed by atoms with E-state index in [9.17, 15) is 47.9 Å². The molecule has 5 saturated heterocycles. The molecule has 0 aromatic heterocycles. The molecule has 10 amide bonds. The van der Waals surface area contributed by atoms with E-state index in [4.69, 9.17) is 34.1 Å². The molecule has 0 spiro atoms. The second kappa shape index (κ2) is 28.9. The first-order valence-electron chi connectivity index (χ1n) is 32.3. The van der Waals surface area contributed by atoms with E-state index in [2.05, 4.69) is 21.3 Å². The van der Waals surface area contributed by atoms with Crippen LogP contribution in [0.2, 0.25) is 0 Å². The predicted octanol–water partition coefficient (Wildman–Crippen LogP) is 0.503. The van der Waals surface area contributed by atoms with Gasteiger partial charge in [0.1, 0.15) is 90.2 Å². The highest BCUT2D eigenvalue weighted by Gasteiger charge is 2.47. The van der Waals surface area contributed by atoms with Crippen molar-refractivity contribution in [3.63, 3.8) is 0 Å². The molecule has 30 nitrogen and oxygen atoms in total. The van der Waals surface area contributed by atoms with E-state index in [0.717, 1.165) is 9.80 Å². The minimum Gasteiger partial charge on any atom is -0.490 e. The molecule has 11 atom stereocenters. The van der Waals surface area contributed by atoms with Crippen LogP contribution in [0.25, 0.3) is 22.6 Å². The number of carbonyl (C=O) groups is 12. The van der Waals surface area contributed by atoms with Gasteiger partial charge in [-0.1, -0.05) is 55.4 Å². The Hall–Kier alpha value is -8.96. The van der Waals surface area contributed by atoms with Crippen LogP contribution in [0.4, 0.5) is 5.69 Å². The topological polar surface area (TPSA) is 382 Å². The number of cyclic esters (lactones) is 2. The van der Waals surface area contributed by atoms with Crippen LogP contribution in [0.5, 0.6) is 5.75 Å². The van der Waals surface area contributed by atoms with Gasteiger partial charge in [0.25, 0.3) is 11.8 Å². The number of rotatable bonds is 11. The van der Waals surface area contributed by atoms with E-state index in [1.807, 2.05) is 0 Å². The number of hydrogen-bond acceptors (Lipinski definition) is 20. The van der Waals surface area contributed by atoms with E-state index >= 15 is 14.4 Å². The first-order valence-corrected chi connectivity index (χ1v) is 32.3. The number of nitrogens with one attached hydrogen (secondary N) is 4. The molecule has 5 fully saturated rings. The summed E-state index contributed by atoms with van der Waals surface area (Å²) in [5.41, 5.74) is 3.07. The number of esters is 2. The number of aryl methyl sites for hydroxylation is 1. The zero-order chi connectivity index (χ0) is 70.3. The molecule has 11 unspecified atom stereocenters. The van der Waals surface area contributed by atoms with Crippen molar-refractivity contribution in [3.8, 4) is 17.2 Å². The third kappa shape index (κ3) is 14.8. The van der Waals surface area contributed by atoms with Gasteiger partial charge in [-0.3, -0.25) is 52.7 Å². The molecule has 1 aromatic rings. The number of benzene rings is 2. The van der Waals surface area contributed by atoms with E-state index in [0.29, 0.717) is 19.4 Å². The van der Waals surface area contributed by atoms with Gasteiger partial charge in [-0.25, -0.2) is 14.6 Å². The van der Waals surface area contributed by atoms with Crippen molar-refractivity contribution in [3.05, 3.63) is 38.5 Å². The molecule has 0 saturated carbocycles. The molecule has 1 aromatic carbocycles. The number of ether oxygens (including phenoxy) is 4. The Balaban J connectivity index is 1.25. The fourth-order valence-electron chi connectivity index (χ4n) is 12.8. The third-order valence-corrected chi connectivity index (χ3v) is 18.5. The monoisotopic (exact) mass is 1330 g/mol. The molecule has 6 N–H and O–H groups in total. The zero-order valence-corrected chi connectivity index (χ0v) is 56.9. The second-order valence-corrected chi connectivity index (χ2v) is 26.9. The zero-order valence-electron chi connectivity index (χ0n) is 56.9. The Morgan fingerprint density at radius 3 is 1.52 bits per heavy atom. The summed E-state index contributed by atoms with van der Waals surface area (Å²) in [6.07, 6.45) is -2.09. The highest BCUT2D eigenvalue weighted by Crippen LogP contribution is 2.38. The van der Waals surface area contributed by atoms with Crippen LogP contribution in [-0.4, -0.2) is 240 Å². The molecule has 0 radical (unpaired) electrons. The van der Waals surface area contributed by atoms with Crippen molar-refractivity contribution in [2.45, 2.75) is 175 Å². The van der Waals surface area contributed by atoms with Crippen LogP contribution in [0.15, 0.2) is 15.3 Å². The van der Waals surface area contributed by atoms with Gasteiger partial charge in [0.2, 0.25) is 52.7 Å². The minimum atomic E-state index is -1.91. The average molecular weight is 1330 g/mol. The first-order chi connectivity index (χ1) is 44.6. The lowest BCUT2D eigenvalue weighted by Crippen LogP contribution is -2.61. The number of aromatic nitrogens is 1. The summed E-state index contributed by atoms with van der Waals surface area (Å²) in [6.45, 7) is 18.6. The Labute approximate surface area is 550 Å². The number of fused-ring (bicyclic) bond motifs is 4. The molecule has 95 heavy (non-hydrogen) atoms. The molecular weight excluding hydrogens is 1240 g/mol. The standard InChI is InChI=1S/C65H90N12O18/c1-28(2)45-62(87)76-21-17-19-38(76)60(85)72(13)24-41(78)74(15)51(30(5)6)64(89)93-34(11)47(58(83)68-45)70-56(81)37-23-40(92-27-36-26-91-36)32(9)54-49(37)67-50-43(44(66)53(80)33(10)55(50)95-54)57(82)71-48-35(12)94-65(90)52(31(7)8)75(16)42(79)25-73(14)61(86)39-20-18-22-77(39)63(88)46(29(3)4)69-59(48)84/h23,28-31,34-36,38-39,45-48,51-52H,17-22,24-27,66H2,1-16H3,(H,68,83)(H,69,84)(H,70,81)(H,71,82). The van der Waals surface area contributed by atoms with Crippen molar-refractivity contribution >= 4 is 87.8 Å². The van der Waals surface area contributed by atoms with Gasteiger partial charge in [0, 0.05) is 52.4 Å². The predicted molar refractivity (Wildman–Crippen MR) is 341 cm³/mol. The summed E-state index contributed by atoms with van der Waals surface area (Å²) in [7, 11) is 5.57. The van der Waals surface area contributed by atoms with Crippen molar-refractivity contribution in [2.75, 3.05) is 73.3 Å². The molecule has 6 heterocycles. The summed E-state index contributed by atoms with van der Waals surface area (Å²) in [5, 5.41) is 10.7. The summed E-state index contributed by atoms with van der Waals surface area (Å²) < 4.78 is 30.1. The van der Waals surface area contributed by atoms with Gasteiger partial charge in [-0.05, 0) is 83.1 Å². The number of likely N-dealkylation sites (N-methyl/N-ethyl adjacent to an activating group) is 4. The highest BCUT2D eigenvalue weighted by atomic mass is 16.6. The lowest BCUT2D eigenvalue weighted by Gasteiger charge is -2.36. The van der Waals surface area contributed by atoms with Crippen LogP contribution in [0, 0.1) is 37.5 Å². The summed E-state index contributed by atoms with van der Waals surface area (Å²) in [5.74, 6) is -12.7. The Bertz CT molecular complexity index is 3600. The maximum atomic E-state index is 15.5. The Morgan fingerprint density at radius 1 is 0.653 bits per heavy atom. The fourth-order valence-corrected chi connectivity index (χ4v) is 12.8. The van der Waals surface area contributed by atoms with Crippen molar-refractivity contribution in [2.24, 2.45) is 23.7 Å². The maximum absolute atomic E-state index is 15.5. The number of nitrogens with two attached hydrogens (primary N) is 1. The Morgan fingerprint density at radius 2 is 1.09 bits per heavy atom. The number of nitrogens with zero attached hydrogens (tertiary/aromatic N) is 7. The fraction of sp³-hybridized carbons (Fsp3) is 0.631. The van der Waals surface area contributed by atoms with Gasteiger partial charge < -0.3 is 79.8 Å². The first kappa shape index (κ1) is 71.9. The van der Waals surface area contributed by atoms with E-state index in [1.165, 1.54) is 74.6 Å². The van der Waals surface area contributed by atoms with E-state index in [1.54, 1.807) is 62.3 Å². The van der Waals surface area contributed by atoms with Crippen LogP contribution in [-0.2, 0) is 62.2 Å². The van der Waals surface area contributed by atoms with Gasteiger partial charge in [0.05, 0.1) is 36.5 Å². The van der Waals surface area contributed by atoms with Crippen molar-refractivity contribution in [1.82, 2.24) is 55.7 Å². The lowest BCUT2D eigenvalue weighted by molar-refractivity contribution is -0.163. The number of hydrogen-bond donors (Lipinski definition) is 5. The average Bonchev–Trinajstić information content (AvgIpc) is 1.46. The van der Waals surface area contributed by atoms with Crippen LogP contribution < -0.4 is 37.2 Å². The molecule has 1 aliphatic carbocycles. The van der Waals surface area contributed by atoms with Gasteiger partial charge >= 0.3 is 11.9 Å². The van der Waals surface area contributed by atoms with Gasteiger partial charge in [-0.15, -0.1) is 0 Å². The molecule has 8 rings (SSSR count). The van der Waals surface area contributed by atoms with E-state index in [-0.39, 0.29) is 72.4 Å². The Kier molecular flexibility index (Phi) is 21.9. The van der Waals surface area contributed by atoms with E-state index < -0.39 is 196 Å². The minimum absolute atomic E-state index is 0.00703. The quantitative estimate of drug-likeness (QED) is 0.0755. The molecule has 30 heteroatoms. The van der Waals surface area contributed by atoms with Crippen LogP contribution >= 0.6 is 0 Å². The lowest BCUT2D eigenvalue weighted by atomic mass is 9.98. The third-order valence-electron chi connectivity index (χ3n) is 18.5. The molecule has 7 aliphatic rings. The summed E-state index contributed by atoms with van der Waals surface area (Å²) in [6, 6.07) is -9.65. The second-order valence-electron chi connectivity index (χ2n) is 26.9. The van der Waals surface area contributed by atoms with Crippen LogP contribution in [0.1, 0.15) is 127 Å². The molecule has 518 valence electrons. The van der Waals surface area contributed by atoms with Crippen LogP contribution in [0.3, 0.4) is 0 Å². The van der Waals surface area contributed by atoms with Crippen molar-refractivity contribution < 1.29 is 80.9 Å². The normalized spacial score (nSPS) is 26.8. The number of anilines is 1. The number of nitrogen functional groups attached to an aromatic ring is 1. The molecule has 0 bridgehead atoms. The number of amides is 10. The summed E-state index contributed by atoms with van der Waals surface area (Å²) >= 11 is 0. The molecular formula is C65H90N12O18. The SMILES string of the molecule is Cc1c2oc3c(C)c(OCC4CO4)cc(C(=O)NC4C(=O)NC(C(C)C)C(=O)N5CCCC5C(=O)N(C)CC(=O)N(C)C(C(C)C)C(=O)OC4C)c3nc-2c(C(=O)NC2C(=O)NC(C(C)C)C(=O)N3CCCC3C(=O)N(C)CC(=O)N(C)C(C(C)C)C(=O)OC2C)c(N)c1=O. The highest BCUT2D eigenvalue weighted by molar-refractivity contribution is 6.11. The van der Waals surface area contributed by atoms with Gasteiger partial charge in [-0.2, -0.15) is 0 Å². The number of epoxide rings is 1. The molecule has 6 aliphatic heterocycles. The summed E-state index contributed by atoms with van der Waals surface area (Å²) in [4.78, 5) is 201. The smallest absolute Gasteiger partial charge is 0.329 e.